The first-order valence-electron chi connectivity index (χ1n) is 9.01. The van der Waals surface area contributed by atoms with Gasteiger partial charge >= 0.3 is 0 Å². The summed E-state index contributed by atoms with van der Waals surface area (Å²) in [6.45, 7) is 5.24. The SMILES string of the molecule is Cc1nc2ncnn2c(C)c1CCC(=O)Nc1ccc2c(c1F)CCNC2.Cl. The highest BCUT2D eigenvalue weighted by molar-refractivity contribution is 5.91. The third kappa shape index (κ3) is 3.70. The summed E-state index contributed by atoms with van der Waals surface area (Å²) in [7, 11) is 0. The molecule has 1 amide bonds. The van der Waals surface area contributed by atoms with Crippen molar-refractivity contribution in [2.24, 2.45) is 0 Å². The Bertz CT molecular complexity index is 1030. The molecule has 4 rings (SSSR count). The fourth-order valence-corrected chi connectivity index (χ4v) is 3.60. The fourth-order valence-electron chi connectivity index (χ4n) is 3.60. The van der Waals surface area contributed by atoms with Gasteiger partial charge in [0, 0.05) is 24.4 Å². The van der Waals surface area contributed by atoms with Crippen molar-refractivity contribution in [3.63, 3.8) is 0 Å². The molecule has 0 bridgehead atoms. The summed E-state index contributed by atoms with van der Waals surface area (Å²) in [6, 6.07) is 3.51. The van der Waals surface area contributed by atoms with Gasteiger partial charge in [-0.1, -0.05) is 6.07 Å². The van der Waals surface area contributed by atoms with Crippen LogP contribution in [0.2, 0.25) is 0 Å². The Labute approximate surface area is 168 Å². The van der Waals surface area contributed by atoms with E-state index >= 15 is 0 Å². The lowest BCUT2D eigenvalue weighted by Gasteiger charge is -2.19. The van der Waals surface area contributed by atoms with Crippen LogP contribution in [0.1, 0.15) is 34.5 Å². The maximum atomic E-state index is 14.7. The molecule has 7 nitrogen and oxygen atoms in total. The van der Waals surface area contributed by atoms with Crippen molar-refractivity contribution in [2.75, 3.05) is 11.9 Å². The number of anilines is 1. The molecule has 9 heteroatoms. The smallest absolute Gasteiger partial charge is 0.252 e. The first kappa shape index (κ1) is 20.2. The lowest BCUT2D eigenvalue weighted by Crippen LogP contribution is -2.25. The number of fused-ring (bicyclic) bond motifs is 2. The number of carbonyl (C=O) groups excluding carboxylic acids is 1. The average Bonchev–Trinajstić information content (AvgIpc) is 3.12. The summed E-state index contributed by atoms with van der Waals surface area (Å²) in [5.74, 6) is 0.00417. The van der Waals surface area contributed by atoms with Gasteiger partial charge in [0.25, 0.3) is 5.78 Å². The number of aromatic nitrogens is 4. The summed E-state index contributed by atoms with van der Waals surface area (Å²) < 4.78 is 16.3. The van der Waals surface area contributed by atoms with E-state index in [0.717, 1.165) is 29.1 Å². The van der Waals surface area contributed by atoms with Gasteiger partial charge in [0.1, 0.15) is 12.1 Å². The number of benzene rings is 1. The molecule has 28 heavy (non-hydrogen) atoms. The molecule has 3 aromatic rings. The van der Waals surface area contributed by atoms with Crippen LogP contribution >= 0.6 is 12.4 Å². The van der Waals surface area contributed by atoms with Gasteiger partial charge in [-0.3, -0.25) is 4.79 Å². The molecule has 1 aliphatic rings. The molecule has 3 heterocycles. The third-order valence-electron chi connectivity index (χ3n) is 5.07. The zero-order valence-corrected chi connectivity index (χ0v) is 16.6. The standard InChI is InChI=1S/C19H21FN6O.ClH/c1-11-14(12(2)26-19(24-11)22-10-23-26)4-6-17(27)25-16-5-3-13-9-21-8-7-15(13)18(16)20;/h3,5,10,21H,4,6-9H2,1-2H3,(H,25,27);1H. The van der Waals surface area contributed by atoms with Crippen LogP contribution in [0.15, 0.2) is 18.5 Å². The Morgan fingerprint density at radius 3 is 3.00 bits per heavy atom. The van der Waals surface area contributed by atoms with E-state index in [2.05, 4.69) is 25.7 Å². The summed E-state index contributed by atoms with van der Waals surface area (Å²) >= 11 is 0. The van der Waals surface area contributed by atoms with Crippen molar-refractivity contribution in [1.82, 2.24) is 24.9 Å². The van der Waals surface area contributed by atoms with Gasteiger partial charge in [0.15, 0.2) is 0 Å². The normalized spacial score (nSPS) is 13.1. The molecule has 0 saturated heterocycles. The topological polar surface area (TPSA) is 84.2 Å². The molecule has 1 aromatic carbocycles. The zero-order valence-electron chi connectivity index (χ0n) is 15.8. The highest BCUT2D eigenvalue weighted by atomic mass is 35.5. The van der Waals surface area contributed by atoms with Gasteiger partial charge < -0.3 is 10.6 Å². The minimum atomic E-state index is -0.319. The molecule has 1 aliphatic heterocycles. The van der Waals surface area contributed by atoms with Crippen LogP contribution in [0, 0.1) is 19.7 Å². The van der Waals surface area contributed by atoms with E-state index in [-0.39, 0.29) is 36.2 Å². The third-order valence-corrected chi connectivity index (χ3v) is 5.07. The Morgan fingerprint density at radius 1 is 1.36 bits per heavy atom. The summed E-state index contributed by atoms with van der Waals surface area (Å²) in [4.78, 5) is 20.9. The molecular weight excluding hydrogens is 383 g/mol. The number of aryl methyl sites for hydroxylation is 2. The second-order valence-electron chi connectivity index (χ2n) is 6.77. The van der Waals surface area contributed by atoms with Crippen LogP contribution in [0.5, 0.6) is 0 Å². The van der Waals surface area contributed by atoms with Crippen molar-refractivity contribution in [1.29, 1.82) is 0 Å². The average molecular weight is 405 g/mol. The molecule has 148 valence electrons. The predicted molar refractivity (Wildman–Crippen MR) is 106 cm³/mol. The molecule has 0 fully saturated rings. The quantitative estimate of drug-likeness (QED) is 0.698. The number of hydrogen-bond donors (Lipinski definition) is 2. The molecule has 2 N–H and O–H groups in total. The van der Waals surface area contributed by atoms with Gasteiger partial charge in [-0.2, -0.15) is 10.1 Å². The summed E-state index contributed by atoms with van der Waals surface area (Å²) in [5.41, 5.74) is 4.59. The van der Waals surface area contributed by atoms with Crippen molar-refractivity contribution in [2.45, 2.75) is 39.7 Å². The lowest BCUT2D eigenvalue weighted by molar-refractivity contribution is -0.116. The summed E-state index contributed by atoms with van der Waals surface area (Å²) in [6.07, 6.45) is 2.83. The van der Waals surface area contributed by atoms with Gasteiger partial charge in [-0.05, 0) is 56.0 Å². The van der Waals surface area contributed by atoms with E-state index in [1.807, 2.05) is 19.9 Å². The monoisotopic (exact) mass is 404 g/mol. The van der Waals surface area contributed by atoms with E-state index in [0.29, 0.717) is 30.7 Å². The number of carbonyl (C=O) groups is 1. The van der Waals surface area contributed by atoms with E-state index in [1.54, 1.807) is 10.6 Å². The highest BCUT2D eigenvalue weighted by Crippen LogP contribution is 2.25. The Hall–Kier alpha value is -2.58. The van der Waals surface area contributed by atoms with E-state index < -0.39 is 0 Å². The van der Waals surface area contributed by atoms with E-state index in [9.17, 15) is 9.18 Å². The van der Waals surface area contributed by atoms with Crippen LogP contribution in [0.25, 0.3) is 5.78 Å². The maximum absolute atomic E-state index is 14.7. The van der Waals surface area contributed by atoms with Gasteiger partial charge in [-0.15, -0.1) is 12.4 Å². The Balaban J connectivity index is 0.00000225. The van der Waals surface area contributed by atoms with Crippen molar-refractivity contribution < 1.29 is 9.18 Å². The molecule has 0 radical (unpaired) electrons. The number of nitrogens with one attached hydrogen (secondary N) is 2. The molecular formula is C19H22ClFN6O. The van der Waals surface area contributed by atoms with Crippen molar-refractivity contribution in [3.05, 3.63) is 52.4 Å². The van der Waals surface area contributed by atoms with Gasteiger partial charge in [0.05, 0.1) is 5.69 Å². The van der Waals surface area contributed by atoms with Crippen molar-refractivity contribution in [3.8, 4) is 0 Å². The minimum Gasteiger partial charge on any atom is -0.324 e. The van der Waals surface area contributed by atoms with Crippen LogP contribution < -0.4 is 10.6 Å². The van der Waals surface area contributed by atoms with Crippen LogP contribution in [-0.2, 0) is 24.2 Å². The van der Waals surface area contributed by atoms with Gasteiger partial charge in [-0.25, -0.2) is 13.9 Å². The Morgan fingerprint density at radius 2 is 2.18 bits per heavy atom. The van der Waals surface area contributed by atoms with Crippen molar-refractivity contribution >= 4 is 29.8 Å². The van der Waals surface area contributed by atoms with Crippen LogP contribution in [0.4, 0.5) is 10.1 Å². The van der Waals surface area contributed by atoms with Gasteiger partial charge in [0.2, 0.25) is 5.91 Å². The number of rotatable bonds is 4. The van der Waals surface area contributed by atoms with E-state index in [4.69, 9.17) is 0 Å². The molecule has 0 atom stereocenters. The summed E-state index contributed by atoms with van der Waals surface area (Å²) in [5, 5.41) is 10.1. The largest absolute Gasteiger partial charge is 0.324 e. The maximum Gasteiger partial charge on any atom is 0.252 e. The van der Waals surface area contributed by atoms with Crippen LogP contribution in [-0.4, -0.2) is 32.0 Å². The number of hydrogen-bond acceptors (Lipinski definition) is 5. The molecule has 2 aromatic heterocycles. The molecule has 0 spiro atoms. The van der Waals surface area contributed by atoms with E-state index in [1.165, 1.54) is 6.33 Å². The highest BCUT2D eigenvalue weighted by Gasteiger charge is 2.18. The van der Waals surface area contributed by atoms with Crippen LogP contribution in [0.3, 0.4) is 0 Å². The second-order valence-corrected chi connectivity index (χ2v) is 6.77. The molecule has 0 aliphatic carbocycles. The molecule has 0 unspecified atom stereocenters. The fraction of sp³-hybridized carbons (Fsp3) is 0.368. The molecule has 0 saturated carbocycles. The predicted octanol–water partition coefficient (Wildman–Crippen LogP) is 2.52. The number of amides is 1. The minimum absolute atomic E-state index is 0. The number of nitrogens with zero attached hydrogens (tertiary/aromatic N) is 4. The number of halogens is 2. The second kappa shape index (κ2) is 8.20. The lowest BCUT2D eigenvalue weighted by atomic mass is 9.99. The zero-order chi connectivity index (χ0) is 19.0. The first-order valence-corrected chi connectivity index (χ1v) is 9.01. The Kier molecular flexibility index (Phi) is 5.90. The first-order chi connectivity index (χ1) is 13.0.